The van der Waals surface area contributed by atoms with Gasteiger partial charge in [-0.2, -0.15) is 0 Å². The maximum absolute atomic E-state index is 7.63. The average Bonchev–Trinajstić information content (AvgIpc) is 2.70. The molecule has 1 rings (SSSR count). The molecule has 0 aromatic carbocycles. The standard InChI is InChI=1S/C9H15N5O/c1-12-8(10)13-9(11)14(2)5-7-3-4-15-6-7/h3-4,6H,5H2,1-2H3,(H4,10,11,12,13). The summed E-state index contributed by atoms with van der Waals surface area (Å²) in [7, 11) is 3.39. The van der Waals surface area contributed by atoms with Gasteiger partial charge in [0, 0.05) is 26.2 Å². The van der Waals surface area contributed by atoms with Crippen molar-refractivity contribution in [2.75, 3.05) is 14.1 Å². The number of nitrogens with zero attached hydrogens (tertiary/aromatic N) is 1. The predicted octanol–water partition coefficient (Wildman–Crippen LogP) is 0.390. The second-order valence-electron chi connectivity index (χ2n) is 3.09. The van der Waals surface area contributed by atoms with Crippen molar-refractivity contribution in [3.63, 3.8) is 0 Å². The smallest absolute Gasteiger partial charge is 0.197 e. The van der Waals surface area contributed by atoms with Crippen molar-refractivity contribution in [1.29, 1.82) is 10.8 Å². The van der Waals surface area contributed by atoms with Crippen LogP contribution in [0, 0.1) is 10.8 Å². The van der Waals surface area contributed by atoms with E-state index in [4.69, 9.17) is 15.2 Å². The first-order valence-corrected chi connectivity index (χ1v) is 4.47. The van der Waals surface area contributed by atoms with E-state index in [0.717, 1.165) is 5.56 Å². The summed E-state index contributed by atoms with van der Waals surface area (Å²) in [5.41, 5.74) is 0.986. The maximum atomic E-state index is 7.63. The van der Waals surface area contributed by atoms with Crippen molar-refractivity contribution < 1.29 is 4.42 Å². The Morgan fingerprint density at radius 3 is 2.80 bits per heavy atom. The van der Waals surface area contributed by atoms with Crippen LogP contribution in [0.5, 0.6) is 0 Å². The third-order valence-electron chi connectivity index (χ3n) is 1.87. The van der Waals surface area contributed by atoms with E-state index in [1.165, 1.54) is 0 Å². The van der Waals surface area contributed by atoms with Crippen LogP contribution in [0.3, 0.4) is 0 Å². The molecule has 1 aromatic heterocycles. The second kappa shape index (κ2) is 5.04. The first-order valence-electron chi connectivity index (χ1n) is 4.47. The van der Waals surface area contributed by atoms with Gasteiger partial charge in [-0.3, -0.25) is 16.1 Å². The molecule has 0 unspecified atom stereocenters. The van der Waals surface area contributed by atoms with Crippen molar-refractivity contribution in [3.8, 4) is 0 Å². The molecule has 0 aliphatic heterocycles. The Bertz CT molecular complexity index is 332. The first kappa shape index (κ1) is 11.1. The summed E-state index contributed by atoms with van der Waals surface area (Å²) in [6.07, 6.45) is 3.23. The number of rotatable bonds is 2. The summed E-state index contributed by atoms with van der Waals surface area (Å²) < 4.78 is 4.93. The van der Waals surface area contributed by atoms with Crippen LogP contribution in [0.1, 0.15) is 5.56 Å². The van der Waals surface area contributed by atoms with Gasteiger partial charge in [0.25, 0.3) is 0 Å². The highest BCUT2D eigenvalue weighted by atomic mass is 16.3. The molecule has 6 heteroatoms. The highest BCUT2D eigenvalue weighted by Gasteiger charge is 2.06. The summed E-state index contributed by atoms with van der Waals surface area (Å²) >= 11 is 0. The van der Waals surface area contributed by atoms with Gasteiger partial charge in [-0.25, -0.2) is 0 Å². The Kier molecular flexibility index (Phi) is 3.73. The number of guanidine groups is 2. The quantitative estimate of drug-likeness (QED) is 0.419. The van der Waals surface area contributed by atoms with Crippen LogP contribution in [0.15, 0.2) is 23.0 Å². The zero-order valence-electron chi connectivity index (χ0n) is 8.79. The molecule has 82 valence electrons. The lowest BCUT2D eigenvalue weighted by atomic mass is 10.3. The molecule has 0 spiro atoms. The van der Waals surface area contributed by atoms with Gasteiger partial charge >= 0.3 is 0 Å². The molecule has 0 fully saturated rings. The van der Waals surface area contributed by atoms with Crippen LogP contribution in [-0.4, -0.2) is 30.9 Å². The van der Waals surface area contributed by atoms with Gasteiger partial charge in [-0.15, -0.1) is 0 Å². The fraction of sp³-hybridized carbons (Fsp3) is 0.333. The molecule has 15 heavy (non-hydrogen) atoms. The summed E-state index contributed by atoms with van der Waals surface area (Å²) in [5.74, 6) is 0.259. The fourth-order valence-corrected chi connectivity index (χ4v) is 1.01. The topological polar surface area (TPSA) is 88.1 Å². The summed E-state index contributed by atoms with van der Waals surface area (Å²) in [5, 5.41) is 20.1. The van der Waals surface area contributed by atoms with Crippen molar-refractivity contribution >= 4 is 11.9 Å². The maximum Gasteiger partial charge on any atom is 0.197 e. The molecule has 0 saturated carbocycles. The van der Waals surface area contributed by atoms with Gasteiger partial charge in [0.05, 0.1) is 12.5 Å². The van der Waals surface area contributed by atoms with Crippen LogP contribution in [0.25, 0.3) is 0 Å². The molecule has 0 saturated heterocycles. The largest absolute Gasteiger partial charge is 0.472 e. The lowest BCUT2D eigenvalue weighted by Gasteiger charge is -2.19. The van der Waals surface area contributed by atoms with E-state index in [1.807, 2.05) is 6.07 Å². The number of nitrogens with one attached hydrogen (secondary N) is 4. The normalized spacial score (nSPS) is 9.47. The fourth-order valence-electron chi connectivity index (χ4n) is 1.01. The lowest BCUT2D eigenvalue weighted by molar-refractivity contribution is 0.477. The number of hydrogen-bond donors (Lipinski definition) is 4. The van der Waals surface area contributed by atoms with Crippen LogP contribution in [-0.2, 0) is 6.54 Å². The Labute approximate surface area is 88.3 Å². The van der Waals surface area contributed by atoms with E-state index < -0.39 is 0 Å². The van der Waals surface area contributed by atoms with E-state index in [-0.39, 0.29) is 11.9 Å². The van der Waals surface area contributed by atoms with Gasteiger partial charge < -0.3 is 14.6 Å². The first-order chi connectivity index (χ1) is 7.13. The third kappa shape index (κ3) is 3.34. The molecule has 0 aliphatic carbocycles. The second-order valence-corrected chi connectivity index (χ2v) is 3.09. The van der Waals surface area contributed by atoms with Gasteiger partial charge in [0.15, 0.2) is 11.9 Å². The molecule has 0 amide bonds. The van der Waals surface area contributed by atoms with Crippen molar-refractivity contribution in [2.24, 2.45) is 0 Å². The highest BCUT2D eigenvalue weighted by Crippen LogP contribution is 2.02. The van der Waals surface area contributed by atoms with Gasteiger partial charge in [-0.05, 0) is 6.07 Å². The van der Waals surface area contributed by atoms with Crippen molar-refractivity contribution in [2.45, 2.75) is 6.54 Å². The molecular formula is C9H15N5O. The molecule has 1 heterocycles. The average molecular weight is 209 g/mol. The van der Waals surface area contributed by atoms with Crippen LogP contribution < -0.4 is 10.6 Å². The van der Waals surface area contributed by atoms with Gasteiger partial charge in [0.1, 0.15) is 0 Å². The molecule has 0 radical (unpaired) electrons. The SMILES string of the molecule is CNC(=N)NC(=N)N(C)Cc1ccoc1. The molecule has 6 nitrogen and oxygen atoms in total. The minimum atomic E-state index is 0.0963. The van der Waals surface area contributed by atoms with Crippen LogP contribution in [0.2, 0.25) is 0 Å². The van der Waals surface area contributed by atoms with Crippen molar-refractivity contribution in [3.05, 3.63) is 24.2 Å². The van der Waals surface area contributed by atoms with Gasteiger partial charge in [0.2, 0.25) is 0 Å². The molecule has 0 aliphatic rings. The molecular weight excluding hydrogens is 194 g/mol. The Hall–Kier alpha value is -1.98. The molecule has 0 atom stereocenters. The zero-order chi connectivity index (χ0) is 11.3. The summed E-state index contributed by atoms with van der Waals surface area (Å²) in [6.45, 7) is 0.569. The molecule has 4 N–H and O–H groups in total. The van der Waals surface area contributed by atoms with Crippen LogP contribution in [0.4, 0.5) is 0 Å². The predicted molar refractivity (Wildman–Crippen MR) is 57.8 cm³/mol. The van der Waals surface area contributed by atoms with Crippen LogP contribution >= 0.6 is 0 Å². The zero-order valence-corrected chi connectivity index (χ0v) is 8.79. The summed E-state index contributed by atoms with van der Waals surface area (Å²) in [4.78, 5) is 1.68. The Morgan fingerprint density at radius 2 is 2.27 bits per heavy atom. The third-order valence-corrected chi connectivity index (χ3v) is 1.87. The van der Waals surface area contributed by atoms with E-state index in [1.54, 1.807) is 31.5 Å². The monoisotopic (exact) mass is 209 g/mol. The summed E-state index contributed by atoms with van der Waals surface area (Å²) in [6, 6.07) is 1.84. The number of hydrogen-bond acceptors (Lipinski definition) is 3. The minimum Gasteiger partial charge on any atom is -0.472 e. The van der Waals surface area contributed by atoms with E-state index in [0.29, 0.717) is 6.54 Å². The Balaban J connectivity index is 2.43. The van der Waals surface area contributed by atoms with Crippen molar-refractivity contribution in [1.82, 2.24) is 15.5 Å². The van der Waals surface area contributed by atoms with Gasteiger partial charge in [-0.1, -0.05) is 0 Å². The molecule has 0 bridgehead atoms. The number of furan rings is 1. The lowest BCUT2D eigenvalue weighted by Crippen LogP contribution is -2.45. The minimum absolute atomic E-state index is 0.0963. The van der Waals surface area contributed by atoms with E-state index in [9.17, 15) is 0 Å². The molecule has 1 aromatic rings. The highest BCUT2D eigenvalue weighted by molar-refractivity contribution is 5.95. The van der Waals surface area contributed by atoms with E-state index >= 15 is 0 Å². The Morgan fingerprint density at radius 1 is 1.53 bits per heavy atom. The van der Waals surface area contributed by atoms with E-state index in [2.05, 4.69) is 10.6 Å².